The van der Waals surface area contributed by atoms with Gasteiger partial charge < -0.3 is 14.2 Å². The van der Waals surface area contributed by atoms with Crippen LogP contribution in [-0.4, -0.2) is 63.6 Å². The van der Waals surface area contributed by atoms with Gasteiger partial charge in [-0.2, -0.15) is 0 Å². The summed E-state index contributed by atoms with van der Waals surface area (Å²) in [6.07, 6.45) is 0.0780. The summed E-state index contributed by atoms with van der Waals surface area (Å²) in [5.41, 5.74) is 0. The van der Waals surface area contributed by atoms with Crippen molar-refractivity contribution in [1.29, 1.82) is 0 Å². The van der Waals surface area contributed by atoms with E-state index in [-0.39, 0.29) is 6.23 Å². The molecule has 0 aromatic rings. The van der Waals surface area contributed by atoms with Crippen LogP contribution in [0.2, 0.25) is 0 Å². The zero-order chi connectivity index (χ0) is 12.2. The van der Waals surface area contributed by atoms with Crippen LogP contribution < -0.4 is 0 Å². The highest BCUT2D eigenvalue weighted by molar-refractivity contribution is 6.18. The van der Waals surface area contributed by atoms with Crippen LogP contribution in [0, 0.1) is 0 Å². The third-order valence-electron chi connectivity index (χ3n) is 2.22. The molecule has 1 unspecified atom stereocenters. The van der Waals surface area contributed by atoms with Gasteiger partial charge in [0.05, 0.1) is 26.4 Å². The number of hydrogen-bond donors (Lipinski definition) is 0. The maximum Gasteiger partial charge on any atom is 0.107 e. The van der Waals surface area contributed by atoms with Crippen LogP contribution in [0.4, 0.5) is 0 Å². The highest BCUT2D eigenvalue weighted by Crippen LogP contribution is 1.97. The lowest BCUT2D eigenvalue weighted by molar-refractivity contribution is -0.0587. The molecule has 4 nitrogen and oxygen atoms in total. The Morgan fingerprint density at radius 1 is 1.12 bits per heavy atom. The summed E-state index contributed by atoms with van der Waals surface area (Å²) in [4.78, 5) is 2.06. The van der Waals surface area contributed by atoms with E-state index in [1.807, 2.05) is 20.9 Å². The van der Waals surface area contributed by atoms with Gasteiger partial charge >= 0.3 is 0 Å². The second kappa shape index (κ2) is 11.6. The predicted octanol–water partition coefficient (Wildman–Crippen LogP) is 1.57. The lowest BCUT2D eigenvalue weighted by Crippen LogP contribution is -2.33. The predicted molar refractivity (Wildman–Crippen MR) is 66.1 cm³/mol. The molecule has 0 spiro atoms. The van der Waals surface area contributed by atoms with Crippen molar-refractivity contribution in [2.45, 2.75) is 20.1 Å². The van der Waals surface area contributed by atoms with Crippen molar-refractivity contribution in [3.63, 3.8) is 0 Å². The molecule has 5 heteroatoms. The van der Waals surface area contributed by atoms with Gasteiger partial charge in [-0.25, -0.2) is 0 Å². The Labute approximate surface area is 104 Å². The molecule has 1 atom stereocenters. The van der Waals surface area contributed by atoms with Crippen molar-refractivity contribution in [2.75, 3.05) is 52.5 Å². The third kappa shape index (κ3) is 9.36. The van der Waals surface area contributed by atoms with Gasteiger partial charge in [0, 0.05) is 19.0 Å². The standard InChI is InChI=1S/C11H24ClNO3/c1-4-14-7-8-15-9-10-16-11(2)13(3)6-5-12/h11H,4-10H2,1-3H3. The summed E-state index contributed by atoms with van der Waals surface area (Å²) in [5.74, 6) is 0.620. The Hall–Kier alpha value is 0.130. The van der Waals surface area contributed by atoms with E-state index < -0.39 is 0 Å². The van der Waals surface area contributed by atoms with Crippen molar-refractivity contribution in [3.05, 3.63) is 0 Å². The van der Waals surface area contributed by atoms with Crippen LogP contribution in [0.3, 0.4) is 0 Å². The fourth-order valence-corrected chi connectivity index (χ4v) is 1.35. The maximum atomic E-state index is 5.64. The van der Waals surface area contributed by atoms with E-state index in [2.05, 4.69) is 4.90 Å². The van der Waals surface area contributed by atoms with Gasteiger partial charge in [-0.3, -0.25) is 4.90 Å². The van der Waals surface area contributed by atoms with Gasteiger partial charge in [0.25, 0.3) is 0 Å². The van der Waals surface area contributed by atoms with Crippen LogP contribution in [0.5, 0.6) is 0 Å². The minimum Gasteiger partial charge on any atom is -0.379 e. The summed E-state index contributed by atoms with van der Waals surface area (Å²) in [6.45, 7) is 8.02. The van der Waals surface area contributed by atoms with E-state index >= 15 is 0 Å². The summed E-state index contributed by atoms with van der Waals surface area (Å²) >= 11 is 5.64. The van der Waals surface area contributed by atoms with Crippen LogP contribution in [0.25, 0.3) is 0 Å². The molecule has 0 amide bonds. The molecule has 0 bridgehead atoms. The molecule has 0 radical (unpaired) electrons. The second-order valence-electron chi connectivity index (χ2n) is 3.45. The van der Waals surface area contributed by atoms with Gasteiger partial charge in [0.1, 0.15) is 6.23 Å². The van der Waals surface area contributed by atoms with Crippen molar-refractivity contribution in [1.82, 2.24) is 4.90 Å². The van der Waals surface area contributed by atoms with Crippen molar-refractivity contribution in [3.8, 4) is 0 Å². The van der Waals surface area contributed by atoms with E-state index in [0.717, 1.165) is 13.2 Å². The molecule has 16 heavy (non-hydrogen) atoms. The molecule has 0 rings (SSSR count). The van der Waals surface area contributed by atoms with Crippen LogP contribution in [0.1, 0.15) is 13.8 Å². The molecule has 0 aliphatic rings. The molecule has 0 aromatic heterocycles. The maximum absolute atomic E-state index is 5.64. The van der Waals surface area contributed by atoms with Crippen molar-refractivity contribution in [2.24, 2.45) is 0 Å². The first-order valence-corrected chi connectivity index (χ1v) is 6.29. The zero-order valence-corrected chi connectivity index (χ0v) is 11.3. The van der Waals surface area contributed by atoms with Crippen LogP contribution in [-0.2, 0) is 14.2 Å². The van der Waals surface area contributed by atoms with E-state index in [1.54, 1.807) is 0 Å². The van der Waals surface area contributed by atoms with Gasteiger partial charge in [-0.15, -0.1) is 11.6 Å². The molecule has 0 aliphatic heterocycles. The SMILES string of the molecule is CCOCCOCCOC(C)N(C)CCCl. The molecular formula is C11H24ClNO3. The summed E-state index contributed by atoms with van der Waals surface area (Å²) in [5, 5.41) is 0. The Morgan fingerprint density at radius 2 is 1.75 bits per heavy atom. The van der Waals surface area contributed by atoms with Gasteiger partial charge in [-0.05, 0) is 20.9 Å². The Morgan fingerprint density at radius 3 is 2.38 bits per heavy atom. The fraction of sp³-hybridized carbons (Fsp3) is 1.00. The molecule has 0 N–H and O–H groups in total. The van der Waals surface area contributed by atoms with Crippen molar-refractivity contribution < 1.29 is 14.2 Å². The average molecular weight is 254 g/mol. The first-order valence-electron chi connectivity index (χ1n) is 5.75. The average Bonchev–Trinajstić information content (AvgIpc) is 2.28. The second-order valence-corrected chi connectivity index (χ2v) is 3.83. The first kappa shape index (κ1) is 16.1. The Bertz CT molecular complexity index is 149. The third-order valence-corrected chi connectivity index (χ3v) is 2.39. The summed E-state index contributed by atoms with van der Waals surface area (Å²) in [7, 11) is 1.99. The van der Waals surface area contributed by atoms with E-state index in [9.17, 15) is 0 Å². The lowest BCUT2D eigenvalue weighted by atomic mass is 10.5. The highest BCUT2D eigenvalue weighted by Gasteiger charge is 2.07. The number of alkyl halides is 1. The van der Waals surface area contributed by atoms with Gasteiger partial charge in [0.2, 0.25) is 0 Å². The van der Waals surface area contributed by atoms with Gasteiger partial charge in [0.15, 0.2) is 0 Å². The Balaban J connectivity index is 3.23. The molecular weight excluding hydrogens is 230 g/mol. The molecule has 0 heterocycles. The van der Waals surface area contributed by atoms with Gasteiger partial charge in [-0.1, -0.05) is 0 Å². The zero-order valence-electron chi connectivity index (χ0n) is 10.6. The smallest absolute Gasteiger partial charge is 0.107 e. The van der Waals surface area contributed by atoms with E-state index in [1.165, 1.54) is 0 Å². The minimum absolute atomic E-state index is 0.0780. The molecule has 0 saturated heterocycles. The topological polar surface area (TPSA) is 30.9 Å². The highest BCUT2D eigenvalue weighted by atomic mass is 35.5. The number of ether oxygens (including phenoxy) is 3. The normalized spacial score (nSPS) is 13.3. The number of hydrogen-bond acceptors (Lipinski definition) is 4. The molecule has 98 valence electrons. The summed E-state index contributed by atoms with van der Waals surface area (Å²) < 4.78 is 16.0. The monoisotopic (exact) mass is 253 g/mol. The molecule has 0 aromatic carbocycles. The fourth-order valence-electron chi connectivity index (χ4n) is 1.08. The Kier molecular flexibility index (Phi) is 11.7. The quantitative estimate of drug-likeness (QED) is 0.318. The van der Waals surface area contributed by atoms with Crippen LogP contribution >= 0.6 is 11.6 Å². The van der Waals surface area contributed by atoms with Crippen molar-refractivity contribution >= 4 is 11.6 Å². The first-order chi connectivity index (χ1) is 7.72. The van der Waals surface area contributed by atoms with Crippen LogP contribution in [0.15, 0.2) is 0 Å². The largest absolute Gasteiger partial charge is 0.379 e. The van der Waals surface area contributed by atoms with E-state index in [4.69, 9.17) is 25.8 Å². The molecule has 0 fully saturated rings. The number of halogens is 1. The molecule has 0 aliphatic carbocycles. The summed E-state index contributed by atoms with van der Waals surface area (Å²) in [6, 6.07) is 0. The number of nitrogens with zero attached hydrogens (tertiary/aromatic N) is 1. The lowest BCUT2D eigenvalue weighted by Gasteiger charge is -2.23. The number of rotatable bonds is 11. The van der Waals surface area contributed by atoms with E-state index in [0.29, 0.717) is 32.3 Å². The molecule has 0 saturated carbocycles. The minimum atomic E-state index is 0.0780.